The third-order valence-corrected chi connectivity index (χ3v) is 7.94. The van der Waals surface area contributed by atoms with Gasteiger partial charge in [-0.2, -0.15) is 0 Å². The van der Waals surface area contributed by atoms with Gasteiger partial charge in [-0.1, -0.05) is 152 Å². The first-order chi connectivity index (χ1) is 22.8. The summed E-state index contributed by atoms with van der Waals surface area (Å²) in [5.74, 6) is 2.60. The molecule has 8 aromatic rings. The van der Waals surface area contributed by atoms with Crippen LogP contribution in [0.2, 0.25) is 0 Å². The van der Waals surface area contributed by atoms with Crippen molar-refractivity contribution < 1.29 is 0 Å². The van der Waals surface area contributed by atoms with Gasteiger partial charge in [0.25, 0.3) is 0 Å². The molecule has 46 heavy (non-hydrogen) atoms. The Bertz CT molecular complexity index is 2170. The van der Waals surface area contributed by atoms with Gasteiger partial charge in [-0.3, -0.25) is 0 Å². The predicted octanol–water partition coefficient (Wildman–Crippen LogP) is 9.82. The van der Waals surface area contributed by atoms with Crippen LogP contribution in [0.1, 0.15) is 0 Å². The minimum Gasteiger partial charge on any atom is -0.228 e. The number of rotatable bonds is 6. The molecule has 0 amide bonds. The number of benzene rings is 6. The highest BCUT2D eigenvalue weighted by Crippen LogP contribution is 2.33. The van der Waals surface area contributed by atoms with Crippen LogP contribution in [0.5, 0.6) is 0 Å². The third kappa shape index (κ3) is 5.42. The van der Waals surface area contributed by atoms with Crippen LogP contribution in [-0.4, -0.2) is 24.9 Å². The van der Waals surface area contributed by atoms with Gasteiger partial charge < -0.3 is 0 Å². The largest absolute Gasteiger partial charge is 0.228 e. The summed E-state index contributed by atoms with van der Waals surface area (Å²) in [4.78, 5) is 24.8. The maximum atomic E-state index is 5.03. The van der Waals surface area contributed by atoms with Crippen molar-refractivity contribution in [2.24, 2.45) is 0 Å². The Balaban J connectivity index is 1.27. The fourth-order valence-electron chi connectivity index (χ4n) is 5.64. The lowest BCUT2D eigenvalue weighted by Crippen LogP contribution is -2.00. The Morgan fingerprint density at radius 3 is 1.28 bits per heavy atom. The van der Waals surface area contributed by atoms with Gasteiger partial charge in [0.15, 0.2) is 23.3 Å². The second kappa shape index (κ2) is 12.0. The molecule has 0 bridgehead atoms. The molecule has 8 rings (SSSR count). The first-order valence-corrected chi connectivity index (χ1v) is 15.2. The molecule has 0 N–H and O–H groups in total. The Hall–Kier alpha value is -6.33. The molecule has 5 nitrogen and oxygen atoms in total. The molecular weight excluding hydrogens is 562 g/mol. The van der Waals surface area contributed by atoms with Gasteiger partial charge in [-0.15, -0.1) is 0 Å². The van der Waals surface area contributed by atoms with Crippen LogP contribution in [0.4, 0.5) is 0 Å². The summed E-state index contributed by atoms with van der Waals surface area (Å²) in [5, 5.41) is 2.12. The summed E-state index contributed by atoms with van der Waals surface area (Å²) < 4.78 is 0. The summed E-state index contributed by atoms with van der Waals surface area (Å²) in [5.41, 5.74) is 7.59. The van der Waals surface area contributed by atoms with E-state index in [1.165, 1.54) is 0 Å². The molecule has 2 aromatic heterocycles. The summed E-state index contributed by atoms with van der Waals surface area (Å²) in [6.07, 6.45) is 0. The molecule has 0 saturated heterocycles. The molecule has 216 valence electrons. The highest BCUT2D eigenvalue weighted by Gasteiger charge is 2.16. The number of nitrogens with zero attached hydrogens (tertiary/aromatic N) is 5. The van der Waals surface area contributed by atoms with Gasteiger partial charge in [0, 0.05) is 33.4 Å². The number of fused-ring (bicyclic) bond motifs is 1. The number of hydrogen-bond acceptors (Lipinski definition) is 5. The zero-order valence-corrected chi connectivity index (χ0v) is 24.8. The van der Waals surface area contributed by atoms with E-state index in [-0.39, 0.29) is 0 Å². The fourth-order valence-corrected chi connectivity index (χ4v) is 5.64. The van der Waals surface area contributed by atoms with Crippen molar-refractivity contribution in [1.29, 1.82) is 0 Å². The van der Waals surface area contributed by atoms with E-state index in [1.807, 2.05) is 109 Å². The zero-order chi connectivity index (χ0) is 30.7. The molecule has 0 saturated carbocycles. The van der Waals surface area contributed by atoms with Gasteiger partial charge in [-0.05, 0) is 22.9 Å². The number of hydrogen-bond donors (Lipinski definition) is 0. The van der Waals surface area contributed by atoms with Crippen molar-refractivity contribution in [3.8, 4) is 68.1 Å². The van der Waals surface area contributed by atoms with Crippen molar-refractivity contribution in [2.45, 2.75) is 0 Å². The van der Waals surface area contributed by atoms with Crippen LogP contribution in [-0.2, 0) is 0 Å². The maximum absolute atomic E-state index is 5.03. The Morgan fingerprint density at radius 2 is 0.739 bits per heavy atom. The first-order valence-electron chi connectivity index (χ1n) is 15.2. The molecule has 0 aliphatic carbocycles. The van der Waals surface area contributed by atoms with Gasteiger partial charge in [-0.25, -0.2) is 24.9 Å². The van der Waals surface area contributed by atoms with E-state index in [2.05, 4.69) is 54.6 Å². The Labute approximate surface area is 267 Å². The highest BCUT2D eigenvalue weighted by atomic mass is 15.0. The average Bonchev–Trinajstić information content (AvgIpc) is 3.15. The normalized spacial score (nSPS) is 11.0. The monoisotopic (exact) mass is 589 g/mol. The molecule has 0 atom stereocenters. The van der Waals surface area contributed by atoms with E-state index in [0.29, 0.717) is 23.3 Å². The van der Waals surface area contributed by atoms with E-state index < -0.39 is 0 Å². The Kier molecular flexibility index (Phi) is 7.09. The van der Waals surface area contributed by atoms with E-state index in [1.54, 1.807) is 0 Å². The molecule has 6 aromatic carbocycles. The molecule has 5 heteroatoms. The topological polar surface area (TPSA) is 64.5 Å². The molecule has 0 aliphatic rings. The van der Waals surface area contributed by atoms with Crippen LogP contribution in [0, 0.1) is 0 Å². The average molecular weight is 590 g/mol. The van der Waals surface area contributed by atoms with E-state index in [9.17, 15) is 0 Å². The van der Waals surface area contributed by atoms with Gasteiger partial charge in [0.1, 0.15) is 0 Å². The quantitative estimate of drug-likeness (QED) is 0.193. The van der Waals surface area contributed by atoms with Crippen molar-refractivity contribution in [3.63, 3.8) is 0 Å². The van der Waals surface area contributed by atoms with E-state index >= 15 is 0 Å². The van der Waals surface area contributed by atoms with Crippen molar-refractivity contribution in [2.75, 3.05) is 0 Å². The fraction of sp³-hybridized carbons (Fsp3) is 0. The van der Waals surface area contributed by atoms with E-state index in [0.717, 1.165) is 55.5 Å². The summed E-state index contributed by atoms with van der Waals surface area (Å²) in [7, 11) is 0. The second-order valence-electron chi connectivity index (χ2n) is 11.0. The lowest BCUT2D eigenvalue weighted by atomic mass is 9.99. The lowest BCUT2D eigenvalue weighted by molar-refractivity contribution is 1.08. The lowest BCUT2D eigenvalue weighted by Gasteiger charge is -2.12. The van der Waals surface area contributed by atoms with Gasteiger partial charge >= 0.3 is 0 Å². The molecule has 0 fully saturated rings. The van der Waals surface area contributed by atoms with Crippen molar-refractivity contribution in [1.82, 2.24) is 24.9 Å². The van der Waals surface area contributed by atoms with Gasteiger partial charge in [0.05, 0.1) is 11.4 Å². The maximum Gasteiger partial charge on any atom is 0.164 e. The standard InChI is InChI=1S/C41H27N5/c1-5-14-28(15-6-1)36-27-37(43-38(42-36)29-16-7-2-8-17-29)33-24-25-34-32(26-33)22-13-23-35(34)41-45-39(30-18-9-3-10-19-30)44-40(46-41)31-20-11-4-12-21-31/h1-27H. The minimum absolute atomic E-state index is 0.630. The molecule has 0 radical (unpaired) electrons. The van der Waals surface area contributed by atoms with Crippen molar-refractivity contribution in [3.05, 3.63) is 164 Å². The molecular formula is C41H27N5. The van der Waals surface area contributed by atoms with Crippen LogP contribution in [0.15, 0.2) is 164 Å². The first kappa shape index (κ1) is 27.2. The van der Waals surface area contributed by atoms with Crippen molar-refractivity contribution >= 4 is 10.8 Å². The second-order valence-corrected chi connectivity index (χ2v) is 11.0. The third-order valence-electron chi connectivity index (χ3n) is 7.94. The van der Waals surface area contributed by atoms with Crippen LogP contribution in [0.3, 0.4) is 0 Å². The van der Waals surface area contributed by atoms with Gasteiger partial charge in [0.2, 0.25) is 0 Å². The molecule has 0 spiro atoms. The van der Waals surface area contributed by atoms with E-state index in [4.69, 9.17) is 24.9 Å². The summed E-state index contributed by atoms with van der Waals surface area (Å²) in [6.45, 7) is 0. The summed E-state index contributed by atoms with van der Waals surface area (Å²) >= 11 is 0. The molecule has 2 heterocycles. The molecule has 0 aliphatic heterocycles. The predicted molar refractivity (Wildman–Crippen MR) is 186 cm³/mol. The minimum atomic E-state index is 0.630. The SMILES string of the molecule is c1ccc(-c2cc(-c3ccc4c(-c5nc(-c6ccccc6)nc(-c6ccccc6)n5)cccc4c3)nc(-c3ccccc3)n2)cc1. The highest BCUT2D eigenvalue weighted by molar-refractivity contribution is 5.97. The zero-order valence-electron chi connectivity index (χ0n) is 24.8. The number of aromatic nitrogens is 5. The van der Waals surface area contributed by atoms with Crippen LogP contribution >= 0.6 is 0 Å². The Morgan fingerprint density at radius 1 is 0.283 bits per heavy atom. The van der Waals surface area contributed by atoms with Crippen LogP contribution in [0.25, 0.3) is 78.8 Å². The van der Waals surface area contributed by atoms with Crippen LogP contribution < -0.4 is 0 Å². The smallest absolute Gasteiger partial charge is 0.164 e. The summed E-state index contributed by atoms with van der Waals surface area (Å²) in [6, 6.07) is 55.2. The molecule has 0 unspecified atom stereocenters.